The number of hydrogen-bond donors (Lipinski definition) is 1. The van der Waals surface area contributed by atoms with Gasteiger partial charge >= 0.3 is 0 Å². The maximum Gasteiger partial charge on any atom is 0.150 e. The summed E-state index contributed by atoms with van der Waals surface area (Å²) in [6.07, 6.45) is 1.79. The highest BCUT2D eigenvalue weighted by Gasteiger charge is 2.24. The molecule has 0 saturated carbocycles. The molecule has 0 radical (unpaired) electrons. The number of aliphatic hydroxyl groups is 1. The first-order valence-electron chi connectivity index (χ1n) is 7.34. The molecule has 0 bridgehead atoms. The number of carbonyl (C=O) groups is 1. The maximum atomic E-state index is 11.0. The number of rotatable bonds is 5. The summed E-state index contributed by atoms with van der Waals surface area (Å²) in [6.45, 7) is 5.74. The van der Waals surface area contributed by atoms with E-state index in [0.29, 0.717) is 5.56 Å². The lowest BCUT2D eigenvalue weighted by Gasteiger charge is -2.26. The third-order valence-corrected chi connectivity index (χ3v) is 3.85. The van der Waals surface area contributed by atoms with Crippen molar-refractivity contribution >= 4 is 6.29 Å². The average molecular weight is 282 g/mol. The van der Waals surface area contributed by atoms with Gasteiger partial charge in [-0.1, -0.05) is 49.4 Å². The molecule has 0 saturated heterocycles. The molecule has 1 N–H and O–H groups in total. The van der Waals surface area contributed by atoms with Gasteiger partial charge in [-0.25, -0.2) is 0 Å². The van der Waals surface area contributed by atoms with E-state index in [0.717, 1.165) is 29.4 Å². The standard InChI is InChI=1S/C19H22O2/c1-4-16(15-9-7-8-14(12-15)13-20)17-10-5-6-11-18(17)19(2,3)21/h5-13,16,21H,4H2,1-3H3. The van der Waals surface area contributed by atoms with Gasteiger partial charge in [-0.05, 0) is 43.0 Å². The van der Waals surface area contributed by atoms with E-state index in [1.807, 2.05) is 42.5 Å². The fraction of sp³-hybridized carbons (Fsp3) is 0.316. The van der Waals surface area contributed by atoms with Gasteiger partial charge in [-0.2, -0.15) is 0 Å². The van der Waals surface area contributed by atoms with E-state index in [1.54, 1.807) is 13.8 Å². The monoisotopic (exact) mass is 282 g/mol. The summed E-state index contributed by atoms with van der Waals surface area (Å²) in [6, 6.07) is 15.7. The Morgan fingerprint density at radius 1 is 1.14 bits per heavy atom. The molecule has 0 aromatic heterocycles. The zero-order valence-corrected chi connectivity index (χ0v) is 12.8. The summed E-state index contributed by atoms with van der Waals surface area (Å²) in [5.74, 6) is 0.174. The molecule has 0 aliphatic carbocycles. The van der Waals surface area contributed by atoms with Crippen LogP contribution in [-0.2, 0) is 5.60 Å². The van der Waals surface area contributed by atoms with Crippen molar-refractivity contribution in [1.82, 2.24) is 0 Å². The molecular weight excluding hydrogens is 260 g/mol. The molecular formula is C19H22O2. The number of carbonyl (C=O) groups excluding carboxylic acids is 1. The molecule has 21 heavy (non-hydrogen) atoms. The van der Waals surface area contributed by atoms with Crippen molar-refractivity contribution in [3.05, 3.63) is 70.8 Å². The van der Waals surface area contributed by atoms with Gasteiger partial charge < -0.3 is 5.11 Å². The molecule has 2 aromatic carbocycles. The molecule has 1 atom stereocenters. The Balaban J connectivity index is 2.54. The lowest BCUT2D eigenvalue weighted by molar-refractivity contribution is 0.0773. The van der Waals surface area contributed by atoms with Gasteiger partial charge in [0.2, 0.25) is 0 Å². The van der Waals surface area contributed by atoms with E-state index in [-0.39, 0.29) is 5.92 Å². The fourth-order valence-corrected chi connectivity index (χ4v) is 2.84. The van der Waals surface area contributed by atoms with E-state index < -0.39 is 5.60 Å². The Morgan fingerprint density at radius 2 is 1.86 bits per heavy atom. The molecule has 0 amide bonds. The molecule has 110 valence electrons. The van der Waals surface area contributed by atoms with Crippen LogP contribution in [0, 0.1) is 0 Å². The van der Waals surface area contributed by atoms with Crippen LogP contribution in [0.5, 0.6) is 0 Å². The number of aldehydes is 1. The van der Waals surface area contributed by atoms with Gasteiger partial charge in [0, 0.05) is 11.5 Å². The third kappa shape index (κ3) is 3.40. The van der Waals surface area contributed by atoms with Gasteiger partial charge in [0.1, 0.15) is 6.29 Å². The quantitative estimate of drug-likeness (QED) is 0.832. The summed E-state index contributed by atoms with van der Waals surface area (Å²) in [5, 5.41) is 10.4. The normalized spacial score (nSPS) is 13.0. The second-order valence-electron chi connectivity index (χ2n) is 5.90. The van der Waals surface area contributed by atoms with Crippen molar-refractivity contribution in [2.45, 2.75) is 38.7 Å². The smallest absolute Gasteiger partial charge is 0.150 e. The predicted molar refractivity (Wildman–Crippen MR) is 85.7 cm³/mol. The molecule has 2 rings (SSSR count). The van der Waals surface area contributed by atoms with Crippen LogP contribution >= 0.6 is 0 Å². The topological polar surface area (TPSA) is 37.3 Å². The zero-order valence-electron chi connectivity index (χ0n) is 12.8. The molecule has 0 fully saturated rings. The first-order chi connectivity index (χ1) is 9.97. The van der Waals surface area contributed by atoms with Crippen LogP contribution in [0.1, 0.15) is 60.2 Å². The molecule has 0 aliphatic rings. The molecule has 0 heterocycles. The fourth-order valence-electron chi connectivity index (χ4n) is 2.84. The van der Waals surface area contributed by atoms with Crippen molar-refractivity contribution < 1.29 is 9.90 Å². The molecule has 0 aliphatic heterocycles. The Bertz CT molecular complexity index is 623. The Kier molecular flexibility index (Phi) is 4.59. The Hall–Kier alpha value is -1.93. The van der Waals surface area contributed by atoms with E-state index in [2.05, 4.69) is 13.0 Å². The molecule has 1 unspecified atom stereocenters. The molecule has 0 spiro atoms. The minimum Gasteiger partial charge on any atom is -0.386 e. The lowest BCUT2D eigenvalue weighted by Crippen LogP contribution is -2.19. The van der Waals surface area contributed by atoms with Crippen molar-refractivity contribution in [1.29, 1.82) is 0 Å². The van der Waals surface area contributed by atoms with Gasteiger partial charge in [0.25, 0.3) is 0 Å². The number of hydrogen-bond acceptors (Lipinski definition) is 2. The van der Waals surface area contributed by atoms with Gasteiger partial charge in [0.05, 0.1) is 5.60 Å². The highest BCUT2D eigenvalue weighted by molar-refractivity contribution is 5.75. The largest absolute Gasteiger partial charge is 0.386 e. The van der Waals surface area contributed by atoms with Crippen LogP contribution in [0.3, 0.4) is 0 Å². The number of benzene rings is 2. The first kappa shape index (κ1) is 15.5. The summed E-state index contributed by atoms with van der Waals surface area (Å²) < 4.78 is 0. The summed E-state index contributed by atoms with van der Waals surface area (Å²) in [4.78, 5) is 11.0. The van der Waals surface area contributed by atoms with Gasteiger partial charge in [-0.15, -0.1) is 0 Å². The predicted octanol–water partition coefficient (Wildman–Crippen LogP) is 4.27. The zero-order chi connectivity index (χ0) is 15.5. The van der Waals surface area contributed by atoms with Crippen molar-refractivity contribution in [3.63, 3.8) is 0 Å². The highest BCUT2D eigenvalue weighted by Crippen LogP contribution is 2.35. The van der Waals surface area contributed by atoms with Crippen molar-refractivity contribution in [2.75, 3.05) is 0 Å². The van der Waals surface area contributed by atoms with Crippen LogP contribution < -0.4 is 0 Å². The van der Waals surface area contributed by atoms with Gasteiger partial charge in [0.15, 0.2) is 0 Å². The van der Waals surface area contributed by atoms with Gasteiger partial charge in [-0.3, -0.25) is 4.79 Å². The van der Waals surface area contributed by atoms with Crippen molar-refractivity contribution in [2.24, 2.45) is 0 Å². The SMILES string of the molecule is CCC(c1cccc(C=O)c1)c1ccccc1C(C)(C)O. The maximum absolute atomic E-state index is 11.0. The third-order valence-electron chi connectivity index (χ3n) is 3.85. The van der Waals surface area contributed by atoms with Crippen LogP contribution in [0.25, 0.3) is 0 Å². The van der Waals surface area contributed by atoms with Crippen LogP contribution in [0.4, 0.5) is 0 Å². The molecule has 2 heteroatoms. The second kappa shape index (κ2) is 6.23. The molecule has 2 aromatic rings. The first-order valence-corrected chi connectivity index (χ1v) is 7.34. The lowest BCUT2D eigenvalue weighted by atomic mass is 9.81. The van der Waals surface area contributed by atoms with Crippen LogP contribution in [-0.4, -0.2) is 11.4 Å². The average Bonchev–Trinajstić information content (AvgIpc) is 2.48. The summed E-state index contributed by atoms with van der Waals surface area (Å²) >= 11 is 0. The summed E-state index contributed by atoms with van der Waals surface area (Å²) in [5.41, 5.74) is 2.97. The van der Waals surface area contributed by atoms with Crippen molar-refractivity contribution in [3.8, 4) is 0 Å². The van der Waals surface area contributed by atoms with E-state index in [1.165, 1.54) is 0 Å². The van der Waals surface area contributed by atoms with E-state index in [9.17, 15) is 9.90 Å². The van der Waals surface area contributed by atoms with Crippen LogP contribution in [0.2, 0.25) is 0 Å². The minimum absolute atomic E-state index is 0.174. The van der Waals surface area contributed by atoms with E-state index in [4.69, 9.17) is 0 Å². The summed E-state index contributed by atoms with van der Waals surface area (Å²) in [7, 11) is 0. The molecule has 2 nitrogen and oxygen atoms in total. The Morgan fingerprint density at radius 3 is 2.48 bits per heavy atom. The van der Waals surface area contributed by atoms with E-state index >= 15 is 0 Å². The van der Waals surface area contributed by atoms with Crippen LogP contribution in [0.15, 0.2) is 48.5 Å². The Labute approximate surface area is 126 Å². The minimum atomic E-state index is -0.883. The second-order valence-corrected chi connectivity index (χ2v) is 5.90. The highest BCUT2D eigenvalue weighted by atomic mass is 16.3.